The fraction of sp³-hybridized carbons (Fsp3) is 0.333. The summed E-state index contributed by atoms with van der Waals surface area (Å²) in [6.07, 6.45) is 3.10. The van der Waals surface area contributed by atoms with E-state index in [1.54, 1.807) is 29.5 Å². The quantitative estimate of drug-likeness (QED) is 0.0781. The molecule has 6 amide bonds. The van der Waals surface area contributed by atoms with Crippen LogP contribution in [-0.2, 0) is 27.5 Å². The molecule has 7 rings (SSSR count). The van der Waals surface area contributed by atoms with Crippen molar-refractivity contribution in [1.29, 1.82) is 0 Å². The maximum atomic E-state index is 13.2. The lowest BCUT2D eigenvalue weighted by atomic mass is 10.0. The van der Waals surface area contributed by atoms with Gasteiger partial charge >= 0.3 is 0 Å². The zero-order chi connectivity index (χ0) is 39.2. The second-order valence-corrected chi connectivity index (χ2v) is 15.5. The molecular weight excluding hydrogens is 731 g/mol. The van der Waals surface area contributed by atoms with Gasteiger partial charge in [-0.1, -0.05) is 24.3 Å². The molecule has 2 fully saturated rings. The van der Waals surface area contributed by atoms with Crippen LogP contribution in [-0.4, -0.2) is 72.1 Å². The lowest BCUT2D eigenvalue weighted by molar-refractivity contribution is -0.136. The van der Waals surface area contributed by atoms with Crippen LogP contribution in [0.15, 0.2) is 72.8 Å². The molecule has 0 radical (unpaired) electrons. The van der Waals surface area contributed by atoms with Gasteiger partial charge in [-0.15, -0.1) is 11.3 Å². The van der Waals surface area contributed by atoms with Gasteiger partial charge in [0.05, 0.1) is 17.7 Å². The summed E-state index contributed by atoms with van der Waals surface area (Å²) in [6.45, 7) is 5.21. The number of benzene rings is 3. The summed E-state index contributed by atoms with van der Waals surface area (Å²) in [4.78, 5) is 78.8. The summed E-state index contributed by atoms with van der Waals surface area (Å²) in [5.74, 6) is -2.38. The van der Waals surface area contributed by atoms with E-state index in [0.29, 0.717) is 49.8 Å². The Morgan fingerprint density at radius 3 is 2.46 bits per heavy atom. The summed E-state index contributed by atoms with van der Waals surface area (Å²) in [7, 11) is 0. The molecule has 3 aromatic carbocycles. The first-order chi connectivity index (χ1) is 27.1. The predicted octanol–water partition coefficient (Wildman–Crippen LogP) is 4.73. The molecule has 1 aromatic heterocycles. The lowest BCUT2D eigenvalue weighted by Crippen LogP contribution is -2.54. The number of amides is 6. The number of aryl methyl sites for hydroxylation is 1. The molecule has 1 unspecified atom stereocenters. The van der Waals surface area contributed by atoms with Crippen LogP contribution in [0, 0.1) is 6.92 Å². The molecule has 13 nitrogen and oxygen atoms in total. The molecule has 0 spiro atoms. The number of fused-ring (bicyclic) bond motifs is 1. The number of anilines is 2. The molecule has 6 N–H and O–H groups in total. The summed E-state index contributed by atoms with van der Waals surface area (Å²) in [6, 6.07) is 22.3. The van der Waals surface area contributed by atoms with E-state index < -0.39 is 29.7 Å². The van der Waals surface area contributed by atoms with E-state index in [4.69, 9.17) is 0 Å². The van der Waals surface area contributed by atoms with Gasteiger partial charge in [0.1, 0.15) is 6.04 Å². The Hall–Kier alpha value is -5.86. The zero-order valence-electron chi connectivity index (χ0n) is 31.2. The number of rotatable bonds is 14. The third kappa shape index (κ3) is 8.98. The van der Waals surface area contributed by atoms with Crippen molar-refractivity contribution in [2.45, 2.75) is 70.6 Å². The first kappa shape index (κ1) is 38.4. The average Bonchev–Trinajstić information content (AvgIpc) is 3.78. The summed E-state index contributed by atoms with van der Waals surface area (Å²) < 4.78 is 0. The lowest BCUT2D eigenvalue weighted by Gasteiger charge is -2.27. The Bertz CT molecular complexity index is 2180. The van der Waals surface area contributed by atoms with Crippen LogP contribution >= 0.6 is 11.3 Å². The maximum absolute atomic E-state index is 13.2. The van der Waals surface area contributed by atoms with Crippen LogP contribution in [0.1, 0.15) is 85.6 Å². The molecule has 0 aliphatic carbocycles. The number of nitrogens with one attached hydrogen (secondary N) is 6. The Morgan fingerprint density at radius 2 is 1.64 bits per heavy atom. The first-order valence-electron chi connectivity index (χ1n) is 19.0. The van der Waals surface area contributed by atoms with Crippen molar-refractivity contribution in [2.24, 2.45) is 0 Å². The molecule has 4 heterocycles. The number of carbonyl (C=O) groups excluding carboxylic acids is 6. The van der Waals surface area contributed by atoms with Crippen LogP contribution in [0.2, 0.25) is 0 Å². The van der Waals surface area contributed by atoms with Crippen molar-refractivity contribution >= 4 is 58.2 Å². The van der Waals surface area contributed by atoms with Gasteiger partial charge in [0, 0.05) is 58.7 Å². The second-order valence-electron chi connectivity index (χ2n) is 14.4. The molecule has 2 saturated heterocycles. The van der Waals surface area contributed by atoms with E-state index in [1.165, 1.54) is 0 Å². The third-order valence-corrected chi connectivity index (χ3v) is 11.5. The van der Waals surface area contributed by atoms with Crippen LogP contribution in [0.25, 0.3) is 10.4 Å². The highest BCUT2D eigenvalue weighted by Gasteiger charge is 2.44. The van der Waals surface area contributed by atoms with E-state index in [2.05, 4.69) is 38.0 Å². The number of piperidine rings is 2. The van der Waals surface area contributed by atoms with Crippen LogP contribution in [0.4, 0.5) is 11.4 Å². The largest absolute Gasteiger partial charge is 0.385 e. The number of imide groups is 2. The minimum Gasteiger partial charge on any atom is -0.385 e. The Balaban J connectivity index is 0.845. The smallest absolute Gasteiger partial charge is 0.262 e. The number of hydrogen-bond acceptors (Lipinski definition) is 10. The Kier molecular flexibility index (Phi) is 11.9. The van der Waals surface area contributed by atoms with Gasteiger partial charge in [0.25, 0.3) is 17.7 Å². The zero-order valence-corrected chi connectivity index (χ0v) is 32.0. The van der Waals surface area contributed by atoms with Gasteiger partial charge in [0.15, 0.2) is 0 Å². The van der Waals surface area contributed by atoms with Crippen molar-refractivity contribution in [3.8, 4) is 10.4 Å². The minimum absolute atomic E-state index is 0.0599. The Morgan fingerprint density at radius 1 is 0.839 bits per heavy atom. The van der Waals surface area contributed by atoms with Gasteiger partial charge < -0.3 is 26.6 Å². The molecule has 4 aromatic rings. The summed E-state index contributed by atoms with van der Waals surface area (Å²) in [5.41, 5.74) is 5.62. The van der Waals surface area contributed by atoms with Gasteiger partial charge in [0.2, 0.25) is 17.7 Å². The average molecular weight is 776 g/mol. The molecule has 56 heavy (non-hydrogen) atoms. The standard InChI is InChI=1S/C42H45N7O6S/c1-25-7-8-30(47-28-15-18-43-19-16-28)22-33(25)39(52)46-23-26-4-2-5-27(20-26)36-13-10-31(56-36)24-45-37(50)6-3-17-44-29-9-11-32-34(21-29)42(55)49(41(32)54)35-12-14-38(51)48-40(35)53/h2,4-5,7-11,13,20-22,28,35,43-44,47H,3,6,12,14-19,23-24H2,1H3,(H,45,50)(H,46,52)(H,48,51,53). The van der Waals surface area contributed by atoms with Gasteiger partial charge in [-0.2, -0.15) is 0 Å². The van der Waals surface area contributed by atoms with Crippen LogP contribution in [0.5, 0.6) is 0 Å². The van der Waals surface area contributed by atoms with Gasteiger partial charge in [-0.3, -0.25) is 39.0 Å². The minimum atomic E-state index is -1.01. The van der Waals surface area contributed by atoms with E-state index in [-0.39, 0.29) is 35.8 Å². The highest BCUT2D eigenvalue weighted by Crippen LogP contribution is 2.31. The molecule has 0 saturated carbocycles. The fourth-order valence-electron chi connectivity index (χ4n) is 7.24. The second kappa shape index (κ2) is 17.3. The van der Waals surface area contributed by atoms with E-state index >= 15 is 0 Å². The molecule has 14 heteroatoms. The van der Waals surface area contributed by atoms with Crippen LogP contribution in [0.3, 0.4) is 0 Å². The molecule has 290 valence electrons. The highest BCUT2D eigenvalue weighted by atomic mass is 32.1. The number of hydrogen-bond donors (Lipinski definition) is 6. The van der Waals surface area contributed by atoms with E-state index in [1.807, 2.05) is 55.5 Å². The molecule has 3 aliphatic rings. The van der Waals surface area contributed by atoms with Crippen LogP contribution < -0.4 is 31.9 Å². The number of nitrogens with zero attached hydrogens (tertiary/aromatic N) is 1. The molecule has 0 bridgehead atoms. The fourth-order valence-corrected chi connectivity index (χ4v) is 8.18. The highest BCUT2D eigenvalue weighted by molar-refractivity contribution is 7.15. The van der Waals surface area contributed by atoms with E-state index in [9.17, 15) is 28.8 Å². The Labute approximate surface area is 329 Å². The summed E-state index contributed by atoms with van der Waals surface area (Å²) in [5, 5.41) is 18.4. The monoisotopic (exact) mass is 775 g/mol. The maximum Gasteiger partial charge on any atom is 0.262 e. The first-order valence-corrected chi connectivity index (χ1v) is 19.8. The van der Waals surface area contributed by atoms with Crippen molar-refractivity contribution in [1.82, 2.24) is 26.2 Å². The van der Waals surface area contributed by atoms with Gasteiger partial charge in [-0.25, -0.2) is 0 Å². The molecule has 1 atom stereocenters. The topological polar surface area (TPSA) is 178 Å². The summed E-state index contributed by atoms with van der Waals surface area (Å²) >= 11 is 1.60. The van der Waals surface area contributed by atoms with E-state index in [0.717, 1.165) is 63.0 Å². The third-order valence-electron chi connectivity index (χ3n) is 10.3. The number of carbonyl (C=O) groups is 6. The number of thiophene rings is 1. The predicted molar refractivity (Wildman–Crippen MR) is 214 cm³/mol. The van der Waals surface area contributed by atoms with Gasteiger partial charge in [-0.05, 0) is 111 Å². The normalized spacial score (nSPS) is 17.0. The van der Waals surface area contributed by atoms with Crippen molar-refractivity contribution in [3.63, 3.8) is 0 Å². The molecular formula is C42H45N7O6S. The molecule has 3 aliphatic heterocycles. The SMILES string of the molecule is Cc1ccc(NC2CCNCC2)cc1C(=O)NCc1cccc(-c2ccc(CNC(=O)CCCNc3ccc4c(c3)C(=O)N(C3CCC(=O)NC3=O)C4=O)s2)c1. The van der Waals surface area contributed by atoms with Crippen molar-refractivity contribution in [3.05, 3.63) is 105 Å². The van der Waals surface area contributed by atoms with Crippen molar-refractivity contribution in [2.75, 3.05) is 30.3 Å². The van der Waals surface area contributed by atoms with Crippen molar-refractivity contribution < 1.29 is 28.8 Å².